The summed E-state index contributed by atoms with van der Waals surface area (Å²) in [4.78, 5) is 15.0. The summed E-state index contributed by atoms with van der Waals surface area (Å²) < 4.78 is 0. The average molecular weight is 430 g/mol. The van der Waals surface area contributed by atoms with Gasteiger partial charge in [0.1, 0.15) is 5.75 Å². The van der Waals surface area contributed by atoms with Gasteiger partial charge in [-0.25, -0.2) is 0 Å². The van der Waals surface area contributed by atoms with Crippen molar-refractivity contribution in [1.82, 2.24) is 15.5 Å². The SMILES string of the molecule is CNC(=O)[C@@H]1C[C@@H](NCc2ccccc2O)CN1CC(c1ccccc1)c1ccccc1. The van der Waals surface area contributed by atoms with E-state index in [1.807, 2.05) is 30.3 Å². The molecular formula is C27H31N3O2. The zero-order valence-corrected chi connectivity index (χ0v) is 18.4. The first-order chi connectivity index (χ1) is 15.7. The van der Waals surface area contributed by atoms with Crippen molar-refractivity contribution in [3.05, 3.63) is 102 Å². The van der Waals surface area contributed by atoms with Crippen molar-refractivity contribution in [2.45, 2.75) is 31.0 Å². The molecule has 1 aliphatic heterocycles. The van der Waals surface area contributed by atoms with Crippen molar-refractivity contribution < 1.29 is 9.90 Å². The minimum Gasteiger partial charge on any atom is -0.508 e. The first-order valence-corrected chi connectivity index (χ1v) is 11.2. The molecule has 3 aromatic carbocycles. The summed E-state index contributed by atoms with van der Waals surface area (Å²) in [5, 5.41) is 16.5. The number of phenolic OH excluding ortho intramolecular Hbond substituents is 1. The smallest absolute Gasteiger partial charge is 0.237 e. The van der Waals surface area contributed by atoms with Gasteiger partial charge in [0.05, 0.1) is 6.04 Å². The fraction of sp³-hybridized carbons (Fsp3) is 0.296. The number of hydrogen-bond donors (Lipinski definition) is 3. The second-order valence-electron chi connectivity index (χ2n) is 8.40. The van der Waals surface area contributed by atoms with E-state index in [9.17, 15) is 9.90 Å². The van der Waals surface area contributed by atoms with Gasteiger partial charge in [0, 0.05) is 44.2 Å². The maximum absolute atomic E-state index is 12.7. The number of para-hydroxylation sites is 1. The van der Waals surface area contributed by atoms with E-state index in [4.69, 9.17) is 0 Å². The molecule has 3 N–H and O–H groups in total. The van der Waals surface area contributed by atoms with Crippen molar-refractivity contribution in [2.75, 3.05) is 20.1 Å². The Labute approximate surface area is 190 Å². The van der Waals surface area contributed by atoms with Crippen molar-refractivity contribution >= 4 is 5.91 Å². The van der Waals surface area contributed by atoms with Crippen LogP contribution >= 0.6 is 0 Å². The Morgan fingerprint density at radius 3 is 2.16 bits per heavy atom. The van der Waals surface area contributed by atoms with Crippen LogP contribution in [0.4, 0.5) is 0 Å². The Hall–Kier alpha value is -3.15. The minimum atomic E-state index is -0.184. The lowest BCUT2D eigenvalue weighted by Crippen LogP contribution is -2.43. The second kappa shape index (κ2) is 10.4. The molecule has 1 amide bonds. The Morgan fingerprint density at radius 1 is 0.969 bits per heavy atom. The zero-order valence-electron chi connectivity index (χ0n) is 18.4. The van der Waals surface area contributed by atoms with E-state index in [1.165, 1.54) is 11.1 Å². The summed E-state index contributed by atoms with van der Waals surface area (Å²) in [5.74, 6) is 0.532. The molecule has 0 bridgehead atoms. The number of phenols is 1. The largest absolute Gasteiger partial charge is 0.508 e. The second-order valence-corrected chi connectivity index (χ2v) is 8.40. The van der Waals surface area contributed by atoms with Crippen LogP contribution in [0.25, 0.3) is 0 Å². The molecule has 1 heterocycles. The van der Waals surface area contributed by atoms with Gasteiger partial charge in [0.25, 0.3) is 0 Å². The number of benzene rings is 3. The summed E-state index contributed by atoms with van der Waals surface area (Å²) in [5.41, 5.74) is 3.37. The van der Waals surface area contributed by atoms with Crippen molar-refractivity contribution in [1.29, 1.82) is 0 Å². The molecule has 1 aliphatic rings. The zero-order chi connectivity index (χ0) is 22.3. The number of aromatic hydroxyl groups is 1. The molecular weight excluding hydrogens is 398 g/mol. The first kappa shape index (κ1) is 22.1. The van der Waals surface area contributed by atoms with E-state index >= 15 is 0 Å². The van der Waals surface area contributed by atoms with E-state index in [1.54, 1.807) is 13.1 Å². The van der Waals surface area contributed by atoms with E-state index in [0.717, 1.165) is 25.1 Å². The number of hydrogen-bond acceptors (Lipinski definition) is 4. The summed E-state index contributed by atoms with van der Waals surface area (Å²) in [6.45, 7) is 2.12. The molecule has 4 rings (SSSR count). The molecule has 5 heteroatoms. The van der Waals surface area contributed by atoms with Gasteiger partial charge in [0.15, 0.2) is 0 Å². The molecule has 0 saturated carbocycles. The summed E-state index contributed by atoms with van der Waals surface area (Å²) in [6.07, 6.45) is 0.740. The number of rotatable bonds is 8. The molecule has 2 atom stereocenters. The monoisotopic (exact) mass is 429 g/mol. The van der Waals surface area contributed by atoms with Crippen LogP contribution in [-0.4, -0.2) is 48.1 Å². The molecule has 32 heavy (non-hydrogen) atoms. The predicted octanol–water partition coefficient (Wildman–Crippen LogP) is 3.50. The Bertz CT molecular complexity index is 970. The van der Waals surface area contributed by atoms with Crippen LogP contribution in [0.2, 0.25) is 0 Å². The van der Waals surface area contributed by atoms with Gasteiger partial charge in [-0.15, -0.1) is 0 Å². The van der Waals surface area contributed by atoms with Crippen molar-refractivity contribution in [2.24, 2.45) is 0 Å². The van der Waals surface area contributed by atoms with Gasteiger partial charge in [0.2, 0.25) is 5.91 Å². The fourth-order valence-electron chi connectivity index (χ4n) is 4.62. The third-order valence-electron chi connectivity index (χ3n) is 6.35. The number of carbonyl (C=O) groups is 1. The minimum absolute atomic E-state index is 0.0525. The van der Waals surface area contributed by atoms with Crippen LogP contribution in [0, 0.1) is 0 Å². The third-order valence-corrected chi connectivity index (χ3v) is 6.35. The maximum atomic E-state index is 12.7. The highest BCUT2D eigenvalue weighted by atomic mass is 16.3. The van der Waals surface area contributed by atoms with Gasteiger partial charge in [-0.05, 0) is 23.6 Å². The highest BCUT2D eigenvalue weighted by Gasteiger charge is 2.37. The number of amides is 1. The lowest BCUT2D eigenvalue weighted by molar-refractivity contribution is -0.125. The molecule has 5 nitrogen and oxygen atoms in total. The van der Waals surface area contributed by atoms with Crippen LogP contribution in [0.3, 0.4) is 0 Å². The summed E-state index contributed by atoms with van der Waals surface area (Å²) in [7, 11) is 1.70. The molecule has 0 radical (unpaired) electrons. The lowest BCUT2D eigenvalue weighted by Gasteiger charge is -2.28. The van der Waals surface area contributed by atoms with Gasteiger partial charge in [-0.3, -0.25) is 9.69 Å². The number of carbonyl (C=O) groups excluding carboxylic acids is 1. The summed E-state index contributed by atoms with van der Waals surface area (Å²) >= 11 is 0. The van der Waals surface area contributed by atoms with E-state index in [-0.39, 0.29) is 23.9 Å². The maximum Gasteiger partial charge on any atom is 0.237 e. The highest BCUT2D eigenvalue weighted by Crippen LogP contribution is 2.29. The van der Waals surface area contributed by atoms with Gasteiger partial charge in [-0.2, -0.15) is 0 Å². The van der Waals surface area contributed by atoms with E-state index in [0.29, 0.717) is 12.3 Å². The van der Waals surface area contributed by atoms with Crippen LogP contribution in [0.1, 0.15) is 29.0 Å². The number of nitrogens with zero attached hydrogens (tertiary/aromatic N) is 1. The lowest BCUT2D eigenvalue weighted by atomic mass is 9.90. The normalized spacial score (nSPS) is 18.7. The van der Waals surface area contributed by atoms with E-state index in [2.05, 4.69) is 64.1 Å². The van der Waals surface area contributed by atoms with E-state index < -0.39 is 0 Å². The molecule has 1 fully saturated rings. The molecule has 0 aliphatic carbocycles. The third kappa shape index (κ3) is 5.18. The van der Waals surface area contributed by atoms with Crippen LogP contribution in [-0.2, 0) is 11.3 Å². The highest BCUT2D eigenvalue weighted by molar-refractivity contribution is 5.81. The van der Waals surface area contributed by atoms with Gasteiger partial charge >= 0.3 is 0 Å². The van der Waals surface area contributed by atoms with Gasteiger partial charge < -0.3 is 15.7 Å². The molecule has 1 saturated heterocycles. The standard InChI is InChI=1S/C27H31N3O2/c1-28-27(32)25-16-23(29-17-22-14-8-9-15-26(22)31)18-30(25)19-24(20-10-4-2-5-11-20)21-12-6-3-7-13-21/h2-15,23-25,29,31H,16-19H2,1H3,(H,28,32)/t23-,25+/m1/s1. The predicted molar refractivity (Wildman–Crippen MR) is 128 cm³/mol. The van der Waals surface area contributed by atoms with Crippen LogP contribution in [0.15, 0.2) is 84.9 Å². The molecule has 0 unspecified atom stereocenters. The van der Waals surface area contributed by atoms with Crippen molar-refractivity contribution in [3.63, 3.8) is 0 Å². The topological polar surface area (TPSA) is 64.6 Å². The Kier molecular flexibility index (Phi) is 7.20. The van der Waals surface area contributed by atoms with Gasteiger partial charge in [-0.1, -0.05) is 78.9 Å². The fourth-order valence-corrected chi connectivity index (χ4v) is 4.62. The Balaban J connectivity index is 1.52. The molecule has 166 valence electrons. The Morgan fingerprint density at radius 2 is 1.56 bits per heavy atom. The number of likely N-dealkylation sites (N-methyl/N-ethyl adjacent to an activating group) is 1. The quantitative estimate of drug-likeness (QED) is 0.513. The first-order valence-electron chi connectivity index (χ1n) is 11.2. The van der Waals surface area contributed by atoms with Crippen LogP contribution in [0.5, 0.6) is 5.75 Å². The van der Waals surface area contributed by atoms with Crippen molar-refractivity contribution in [3.8, 4) is 5.75 Å². The average Bonchev–Trinajstić information content (AvgIpc) is 3.25. The number of nitrogens with one attached hydrogen (secondary N) is 2. The number of likely N-dealkylation sites (tertiary alicyclic amines) is 1. The molecule has 0 aromatic heterocycles. The molecule has 3 aromatic rings. The summed E-state index contributed by atoms with van der Waals surface area (Å²) in [6, 6.07) is 28.4. The van der Waals surface area contributed by atoms with Crippen LogP contribution < -0.4 is 10.6 Å². The molecule has 0 spiro atoms.